The van der Waals surface area contributed by atoms with E-state index in [1.165, 1.54) is 14.2 Å². The predicted octanol–water partition coefficient (Wildman–Crippen LogP) is 2.86. The van der Waals surface area contributed by atoms with Crippen molar-refractivity contribution >= 4 is 11.9 Å². The van der Waals surface area contributed by atoms with Gasteiger partial charge in [-0.05, 0) is 12.0 Å². The third-order valence-corrected chi connectivity index (χ3v) is 5.89. The van der Waals surface area contributed by atoms with E-state index in [-0.39, 0.29) is 17.4 Å². The first-order chi connectivity index (χ1) is 11.9. The standard InChI is InChI=1S/C20H24O5/c1-19-10-14(17(21)23-3)11-20(19,2)16(25-12-19)15(18(22)24-4)13-8-6-5-7-9-13/h5-9,11,15-16H,10,12H2,1-4H3/t15?,16-,19-,20+/m1/s1. The summed E-state index contributed by atoms with van der Waals surface area (Å²) < 4.78 is 16.1. The van der Waals surface area contributed by atoms with Crippen LogP contribution in [-0.2, 0) is 23.8 Å². The van der Waals surface area contributed by atoms with Gasteiger partial charge < -0.3 is 14.2 Å². The molecule has 5 heteroatoms. The van der Waals surface area contributed by atoms with Gasteiger partial charge in [-0.3, -0.25) is 4.79 Å². The highest BCUT2D eigenvalue weighted by atomic mass is 16.5. The van der Waals surface area contributed by atoms with Crippen LogP contribution in [0, 0.1) is 10.8 Å². The van der Waals surface area contributed by atoms with E-state index >= 15 is 0 Å². The van der Waals surface area contributed by atoms with Crippen molar-refractivity contribution in [2.45, 2.75) is 32.3 Å². The second-order valence-corrected chi connectivity index (χ2v) is 7.32. The molecule has 0 bridgehead atoms. The minimum atomic E-state index is -0.550. The molecule has 1 heterocycles. The van der Waals surface area contributed by atoms with Gasteiger partial charge in [0, 0.05) is 16.4 Å². The fourth-order valence-corrected chi connectivity index (χ4v) is 4.20. The van der Waals surface area contributed by atoms with Gasteiger partial charge in [0.2, 0.25) is 0 Å². The number of hydrogen-bond acceptors (Lipinski definition) is 5. The Morgan fingerprint density at radius 1 is 1.16 bits per heavy atom. The Morgan fingerprint density at radius 2 is 1.84 bits per heavy atom. The van der Waals surface area contributed by atoms with Crippen LogP contribution in [0.2, 0.25) is 0 Å². The molecule has 134 valence electrons. The van der Waals surface area contributed by atoms with E-state index in [1.54, 1.807) is 0 Å². The molecule has 1 aliphatic heterocycles. The van der Waals surface area contributed by atoms with Crippen molar-refractivity contribution < 1.29 is 23.8 Å². The van der Waals surface area contributed by atoms with Gasteiger partial charge in [-0.2, -0.15) is 0 Å². The summed E-state index contributed by atoms with van der Waals surface area (Å²) in [6, 6.07) is 9.51. The fraction of sp³-hybridized carbons (Fsp3) is 0.500. The van der Waals surface area contributed by atoms with Gasteiger partial charge in [-0.25, -0.2) is 4.79 Å². The Morgan fingerprint density at radius 3 is 2.44 bits per heavy atom. The third kappa shape index (κ3) is 2.67. The molecule has 0 aromatic heterocycles. The molecule has 0 amide bonds. The highest BCUT2D eigenvalue weighted by Crippen LogP contribution is 2.61. The van der Waals surface area contributed by atoms with Crippen molar-refractivity contribution in [3.05, 3.63) is 47.5 Å². The minimum absolute atomic E-state index is 0.262. The molecular formula is C20H24O5. The Bertz CT molecular complexity index is 710. The molecule has 2 aliphatic rings. The summed E-state index contributed by atoms with van der Waals surface area (Å²) in [6.07, 6.45) is 2.11. The van der Waals surface area contributed by atoms with Crippen molar-refractivity contribution in [2.24, 2.45) is 10.8 Å². The topological polar surface area (TPSA) is 61.8 Å². The lowest BCUT2D eigenvalue weighted by atomic mass is 9.64. The van der Waals surface area contributed by atoms with E-state index in [9.17, 15) is 9.59 Å². The second-order valence-electron chi connectivity index (χ2n) is 7.32. The predicted molar refractivity (Wildman–Crippen MR) is 91.9 cm³/mol. The average molecular weight is 344 g/mol. The lowest BCUT2D eigenvalue weighted by Gasteiger charge is -2.38. The average Bonchev–Trinajstić information content (AvgIpc) is 3.02. The Labute approximate surface area is 148 Å². The van der Waals surface area contributed by atoms with Crippen LogP contribution in [0.25, 0.3) is 0 Å². The van der Waals surface area contributed by atoms with Crippen LogP contribution in [0.3, 0.4) is 0 Å². The highest BCUT2D eigenvalue weighted by Gasteiger charge is 2.62. The van der Waals surface area contributed by atoms with Crippen molar-refractivity contribution in [3.8, 4) is 0 Å². The Hall–Kier alpha value is -2.14. The first-order valence-corrected chi connectivity index (χ1v) is 8.41. The number of benzene rings is 1. The number of carbonyl (C=O) groups is 2. The number of hydrogen-bond donors (Lipinski definition) is 0. The SMILES string of the molecule is COC(=O)C1=C[C@@]2(C)[C@@H](C(C(=O)OC)c3ccccc3)OC[C@@]2(C)C1. The van der Waals surface area contributed by atoms with Gasteiger partial charge in [0.1, 0.15) is 5.92 Å². The maximum atomic E-state index is 12.6. The normalized spacial score (nSPS) is 31.8. The molecule has 1 aliphatic carbocycles. The molecule has 1 saturated heterocycles. The maximum absolute atomic E-state index is 12.6. The smallest absolute Gasteiger partial charge is 0.333 e. The molecule has 0 radical (unpaired) electrons. The fourth-order valence-electron chi connectivity index (χ4n) is 4.20. The zero-order valence-corrected chi connectivity index (χ0v) is 15.1. The number of carbonyl (C=O) groups excluding carboxylic acids is 2. The zero-order valence-electron chi connectivity index (χ0n) is 15.1. The molecule has 0 saturated carbocycles. The molecule has 1 unspecified atom stereocenters. The van der Waals surface area contributed by atoms with Crippen LogP contribution in [0.4, 0.5) is 0 Å². The van der Waals surface area contributed by atoms with Gasteiger partial charge in [-0.15, -0.1) is 0 Å². The van der Waals surface area contributed by atoms with Crippen LogP contribution in [0.15, 0.2) is 42.0 Å². The summed E-state index contributed by atoms with van der Waals surface area (Å²) in [5.41, 5.74) is 0.773. The van der Waals surface area contributed by atoms with Crippen molar-refractivity contribution in [2.75, 3.05) is 20.8 Å². The van der Waals surface area contributed by atoms with Crippen LogP contribution >= 0.6 is 0 Å². The molecule has 1 aromatic rings. The molecule has 3 rings (SSSR count). The second kappa shape index (κ2) is 6.30. The van der Waals surface area contributed by atoms with Gasteiger partial charge in [0.25, 0.3) is 0 Å². The quantitative estimate of drug-likeness (QED) is 0.786. The van der Waals surface area contributed by atoms with Crippen LogP contribution in [-0.4, -0.2) is 38.9 Å². The molecule has 0 spiro atoms. The van der Waals surface area contributed by atoms with Crippen molar-refractivity contribution in [1.29, 1.82) is 0 Å². The summed E-state index contributed by atoms with van der Waals surface area (Å²) >= 11 is 0. The molecule has 5 nitrogen and oxygen atoms in total. The minimum Gasteiger partial charge on any atom is -0.468 e. The highest BCUT2D eigenvalue weighted by molar-refractivity contribution is 5.89. The van der Waals surface area contributed by atoms with E-state index in [0.29, 0.717) is 18.6 Å². The summed E-state index contributed by atoms with van der Waals surface area (Å²) in [4.78, 5) is 24.6. The molecule has 0 N–H and O–H groups in total. The number of fused-ring (bicyclic) bond motifs is 1. The molecule has 1 fully saturated rings. The van der Waals surface area contributed by atoms with E-state index in [1.807, 2.05) is 36.4 Å². The van der Waals surface area contributed by atoms with Crippen LogP contribution < -0.4 is 0 Å². The van der Waals surface area contributed by atoms with Crippen LogP contribution in [0.1, 0.15) is 31.7 Å². The lowest BCUT2D eigenvalue weighted by Crippen LogP contribution is -2.41. The molecule has 1 aromatic carbocycles. The first-order valence-electron chi connectivity index (χ1n) is 8.41. The summed E-state index contributed by atoms with van der Waals surface area (Å²) in [7, 11) is 2.77. The first kappa shape index (κ1) is 17.7. The zero-order chi connectivity index (χ0) is 18.2. The van der Waals surface area contributed by atoms with Gasteiger partial charge in [0.15, 0.2) is 0 Å². The number of ether oxygens (including phenoxy) is 3. The summed E-state index contributed by atoms with van der Waals surface area (Å²) in [6.45, 7) is 4.63. The Balaban J connectivity index is 2.04. The molecular weight excluding hydrogens is 320 g/mol. The number of methoxy groups -OCH3 is 2. The largest absolute Gasteiger partial charge is 0.468 e. The van der Waals surface area contributed by atoms with E-state index in [4.69, 9.17) is 14.2 Å². The number of esters is 2. The van der Waals surface area contributed by atoms with Crippen molar-refractivity contribution in [3.63, 3.8) is 0 Å². The van der Waals surface area contributed by atoms with Gasteiger partial charge >= 0.3 is 11.9 Å². The van der Waals surface area contributed by atoms with Crippen LogP contribution in [0.5, 0.6) is 0 Å². The van der Waals surface area contributed by atoms with Gasteiger partial charge in [0.05, 0.1) is 26.9 Å². The maximum Gasteiger partial charge on any atom is 0.333 e. The summed E-state index contributed by atoms with van der Waals surface area (Å²) in [5, 5.41) is 0. The van der Waals surface area contributed by atoms with E-state index in [0.717, 1.165) is 5.56 Å². The van der Waals surface area contributed by atoms with Gasteiger partial charge in [-0.1, -0.05) is 50.3 Å². The van der Waals surface area contributed by atoms with E-state index in [2.05, 4.69) is 13.8 Å². The van der Waals surface area contributed by atoms with E-state index < -0.39 is 17.4 Å². The molecule has 25 heavy (non-hydrogen) atoms. The lowest BCUT2D eigenvalue weighted by molar-refractivity contribution is -0.147. The number of rotatable bonds is 4. The Kier molecular flexibility index (Phi) is 4.45. The third-order valence-electron chi connectivity index (χ3n) is 5.89. The molecule has 4 atom stereocenters. The summed E-state index contributed by atoms with van der Waals surface area (Å²) in [5.74, 6) is -1.20. The van der Waals surface area contributed by atoms with Crippen molar-refractivity contribution in [1.82, 2.24) is 0 Å². The monoisotopic (exact) mass is 344 g/mol.